The SMILES string of the molecule is CN(C)C(=NCc1ccc(C(N)=O)nc1)N(C)C.I. The van der Waals surface area contributed by atoms with Crippen LogP contribution in [0.1, 0.15) is 16.1 Å². The summed E-state index contributed by atoms with van der Waals surface area (Å²) in [5.41, 5.74) is 6.32. The third kappa shape index (κ3) is 5.41. The van der Waals surface area contributed by atoms with E-state index >= 15 is 0 Å². The number of nitrogens with two attached hydrogens (primary N) is 1. The molecule has 1 rings (SSSR count). The molecule has 0 saturated carbocycles. The van der Waals surface area contributed by atoms with Gasteiger partial charge in [0.05, 0.1) is 6.54 Å². The minimum absolute atomic E-state index is 0. The van der Waals surface area contributed by atoms with Gasteiger partial charge in [0, 0.05) is 34.4 Å². The first-order chi connectivity index (χ1) is 8.41. The second-order valence-electron chi connectivity index (χ2n) is 4.32. The molecule has 0 aliphatic carbocycles. The van der Waals surface area contributed by atoms with Crippen LogP contribution in [0.2, 0.25) is 0 Å². The van der Waals surface area contributed by atoms with Crippen LogP contribution in [0.25, 0.3) is 0 Å². The number of guanidine groups is 1. The Bertz CT molecular complexity index is 432. The van der Waals surface area contributed by atoms with Crippen LogP contribution in [0.5, 0.6) is 0 Å². The maximum atomic E-state index is 10.9. The standard InChI is InChI=1S/C12H19N5O.HI/c1-16(2)12(17(3)4)15-8-9-5-6-10(11(13)18)14-7-9;/h5-7H,8H2,1-4H3,(H2,13,18);1H. The van der Waals surface area contributed by atoms with Crippen molar-refractivity contribution in [3.8, 4) is 0 Å². The number of primary amides is 1. The zero-order valence-corrected chi connectivity index (χ0v) is 14.0. The molecular weight excluding hydrogens is 357 g/mol. The molecule has 0 atom stereocenters. The molecule has 1 aromatic heterocycles. The lowest BCUT2D eigenvalue weighted by Crippen LogP contribution is -2.35. The molecule has 106 valence electrons. The summed E-state index contributed by atoms with van der Waals surface area (Å²) in [7, 11) is 7.75. The van der Waals surface area contributed by atoms with Gasteiger partial charge in [0.25, 0.3) is 5.91 Å². The van der Waals surface area contributed by atoms with Gasteiger partial charge in [0.15, 0.2) is 5.96 Å². The fourth-order valence-corrected chi connectivity index (χ4v) is 1.51. The van der Waals surface area contributed by atoms with Crippen molar-refractivity contribution in [1.29, 1.82) is 0 Å². The van der Waals surface area contributed by atoms with Gasteiger partial charge in [-0.1, -0.05) is 6.07 Å². The minimum Gasteiger partial charge on any atom is -0.364 e. The summed E-state index contributed by atoms with van der Waals surface area (Å²) in [6.07, 6.45) is 1.62. The number of aliphatic imine (C=N–C) groups is 1. The van der Waals surface area contributed by atoms with E-state index in [1.54, 1.807) is 18.3 Å². The fraction of sp³-hybridized carbons (Fsp3) is 0.417. The van der Waals surface area contributed by atoms with E-state index in [-0.39, 0.29) is 29.7 Å². The van der Waals surface area contributed by atoms with Crippen molar-refractivity contribution in [2.75, 3.05) is 28.2 Å². The van der Waals surface area contributed by atoms with Gasteiger partial charge in [-0.05, 0) is 11.6 Å². The maximum absolute atomic E-state index is 10.9. The number of amides is 1. The van der Waals surface area contributed by atoms with Crippen LogP contribution in [0, 0.1) is 0 Å². The Labute approximate surface area is 130 Å². The monoisotopic (exact) mass is 377 g/mol. The van der Waals surface area contributed by atoms with Gasteiger partial charge in [-0.25, -0.2) is 4.99 Å². The summed E-state index contributed by atoms with van der Waals surface area (Å²) in [5, 5.41) is 0. The maximum Gasteiger partial charge on any atom is 0.267 e. The first-order valence-corrected chi connectivity index (χ1v) is 5.55. The van der Waals surface area contributed by atoms with Gasteiger partial charge in [-0.3, -0.25) is 9.78 Å². The topological polar surface area (TPSA) is 74.8 Å². The van der Waals surface area contributed by atoms with Crippen LogP contribution >= 0.6 is 24.0 Å². The third-order valence-corrected chi connectivity index (χ3v) is 2.28. The Morgan fingerprint density at radius 3 is 2.21 bits per heavy atom. The van der Waals surface area contributed by atoms with Gasteiger partial charge in [-0.15, -0.1) is 24.0 Å². The molecule has 0 aromatic carbocycles. The highest BCUT2D eigenvalue weighted by atomic mass is 127. The number of pyridine rings is 1. The fourth-order valence-electron chi connectivity index (χ4n) is 1.51. The molecule has 0 spiro atoms. The second-order valence-corrected chi connectivity index (χ2v) is 4.32. The number of carbonyl (C=O) groups excluding carboxylic acids is 1. The molecule has 1 aromatic rings. The highest BCUT2D eigenvalue weighted by Gasteiger charge is 2.05. The quantitative estimate of drug-likeness (QED) is 0.480. The van der Waals surface area contributed by atoms with Gasteiger partial charge < -0.3 is 15.5 Å². The van der Waals surface area contributed by atoms with E-state index in [0.717, 1.165) is 11.5 Å². The number of carbonyl (C=O) groups is 1. The van der Waals surface area contributed by atoms with Crippen LogP contribution in [-0.2, 0) is 6.54 Å². The van der Waals surface area contributed by atoms with E-state index in [1.165, 1.54) is 0 Å². The lowest BCUT2D eigenvalue weighted by Gasteiger charge is -2.22. The second kappa shape index (κ2) is 7.93. The van der Waals surface area contributed by atoms with E-state index in [2.05, 4.69) is 9.98 Å². The smallest absolute Gasteiger partial charge is 0.267 e. The molecule has 1 heterocycles. The molecule has 0 bridgehead atoms. The normalized spacial score (nSPS) is 9.26. The summed E-state index contributed by atoms with van der Waals surface area (Å²) >= 11 is 0. The van der Waals surface area contributed by atoms with Gasteiger partial charge in [0.1, 0.15) is 5.69 Å². The van der Waals surface area contributed by atoms with E-state index in [0.29, 0.717) is 6.54 Å². The Hall–Kier alpha value is -1.38. The number of aromatic nitrogens is 1. The average Bonchev–Trinajstić information content (AvgIpc) is 2.28. The van der Waals surface area contributed by atoms with Crippen molar-refractivity contribution >= 4 is 35.8 Å². The Morgan fingerprint density at radius 1 is 1.26 bits per heavy atom. The van der Waals surface area contributed by atoms with Crippen molar-refractivity contribution in [3.63, 3.8) is 0 Å². The molecule has 0 aliphatic rings. The Balaban J connectivity index is 0.00000324. The van der Waals surface area contributed by atoms with Gasteiger partial charge in [-0.2, -0.15) is 0 Å². The zero-order valence-electron chi connectivity index (χ0n) is 11.6. The molecule has 2 N–H and O–H groups in total. The molecule has 6 nitrogen and oxygen atoms in total. The highest BCUT2D eigenvalue weighted by Crippen LogP contribution is 2.03. The van der Waals surface area contributed by atoms with E-state index in [9.17, 15) is 4.79 Å². The van der Waals surface area contributed by atoms with Crippen molar-refractivity contribution < 1.29 is 4.79 Å². The number of hydrogen-bond donors (Lipinski definition) is 1. The summed E-state index contributed by atoms with van der Waals surface area (Å²) in [4.78, 5) is 23.2. The summed E-state index contributed by atoms with van der Waals surface area (Å²) in [6, 6.07) is 3.41. The zero-order chi connectivity index (χ0) is 13.7. The molecule has 0 saturated heterocycles. The third-order valence-electron chi connectivity index (χ3n) is 2.28. The molecule has 0 fully saturated rings. The van der Waals surface area contributed by atoms with Crippen molar-refractivity contribution in [1.82, 2.24) is 14.8 Å². The van der Waals surface area contributed by atoms with Crippen LogP contribution < -0.4 is 5.73 Å². The van der Waals surface area contributed by atoms with E-state index in [1.807, 2.05) is 38.0 Å². The average molecular weight is 377 g/mol. The van der Waals surface area contributed by atoms with Crippen molar-refractivity contribution in [3.05, 3.63) is 29.6 Å². The van der Waals surface area contributed by atoms with Gasteiger partial charge >= 0.3 is 0 Å². The lowest BCUT2D eigenvalue weighted by molar-refractivity contribution is 0.0995. The Morgan fingerprint density at radius 2 is 1.84 bits per heavy atom. The molecule has 0 unspecified atom stereocenters. The van der Waals surface area contributed by atoms with Crippen LogP contribution in [-0.4, -0.2) is 54.8 Å². The van der Waals surface area contributed by atoms with Crippen LogP contribution in [0.4, 0.5) is 0 Å². The lowest BCUT2D eigenvalue weighted by atomic mass is 10.2. The summed E-state index contributed by atoms with van der Waals surface area (Å²) in [6.45, 7) is 0.512. The number of halogens is 1. The molecule has 0 radical (unpaired) electrons. The number of nitrogens with zero attached hydrogens (tertiary/aromatic N) is 4. The predicted molar refractivity (Wildman–Crippen MR) is 86.7 cm³/mol. The molecule has 19 heavy (non-hydrogen) atoms. The number of rotatable bonds is 3. The van der Waals surface area contributed by atoms with Crippen molar-refractivity contribution in [2.45, 2.75) is 6.54 Å². The Kier molecular flexibility index (Phi) is 7.35. The molecule has 0 aliphatic heterocycles. The minimum atomic E-state index is -0.521. The molecule has 1 amide bonds. The largest absolute Gasteiger partial charge is 0.364 e. The van der Waals surface area contributed by atoms with Crippen LogP contribution in [0.3, 0.4) is 0 Å². The van der Waals surface area contributed by atoms with Crippen LogP contribution in [0.15, 0.2) is 23.3 Å². The summed E-state index contributed by atoms with van der Waals surface area (Å²) in [5.74, 6) is 0.348. The van der Waals surface area contributed by atoms with Crippen molar-refractivity contribution in [2.24, 2.45) is 10.7 Å². The highest BCUT2D eigenvalue weighted by molar-refractivity contribution is 14.0. The molecule has 7 heteroatoms. The summed E-state index contributed by atoms with van der Waals surface area (Å²) < 4.78 is 0. The van der Waals surface area contributed by atoms with Gasteiger partial charge in [0.2, 0.25) is 0 Å². The predicted octanol–water partition coefficient (Wildman–Crippen LogP) is 0.778. The van der Waals surface area contributed by atoms with E-state index < -0.39 is 5.91 Å². The first-order valence-electron chi connectivity index (χ1n) is 5.55. The number of hydrogen-bond acceptors (Lipinski definition) is 3. The van der Waals surface area contributed by atoms with E-state index in [4.69, 9.17) is 5.73 Å². The molecular formula is C12H20IN5O. The first kappa shape index (κ1) is 17.6.